The second-order valence-corrected chi connectivity index (χ2v) is 10.4. The number of rotatable bonds is 6. The van der Waals surface area contributed by atoms with Crippen LogP contribution in [-0.4, -0.2) is 53.7 Å². The van der Waals surface area contributed by atoms with Gasteiger partial charge in [-0.05, 0) is 80.2 Å². The van der Waals surface area contributed by atoms with E-state index in [4.69, 9.17) is 4.74 Å². The molecule has 1 amide bonds. The summed E-state index contributed by atoms with van der Waals surface area (Å²) in [6.45, 7) is 3.76. The molecule has 3 fully saturated rings. The lowest BCUT2D eigenvalue weighted by molar-refractivity contribution is 0.0139. The number of carbonyl (C=O) groups is 1. The molecule has 2 aromatic carbocycles. The fourth-order valence-electron chi connectivity index (χ4n) is 6.14. The first-order chi connectivity index (χ1) is 16.0. The molecule has 0 unspecified atom stereocenters. The number of piperidine rings is 1. The van der Waals surface area contributed by atoms with E-state index in [1.54, 1.807) is 6.07 Å². The number of carbonyl (C=O) groups excluding carboxylic acids is 1. The Morgan fingerprint density at radius 3 is 2.70 bits per heavy atom. The van der Waals surface area contributed by atoms with Crippen LogP contribution in [0.15, 0.2) is 54.6 Å². The van der Waals surface area contributed by atoms with E-state index < -0.39 is 0 Å². The van der Waals surface area contributed by atoms with Gasteiger partial charge in [0.05, 0.1) is 0 Å². The van der Waals surface area contributed by atoms with Gasteiger partial charge in [0.2, 0.25) is 0 Å². The Hall–Kier alpha value is -2.53. The Labute approximate surface area is 197 Å². The number of fused-ring (bicyclic) bond motifs is 1. The molecule has 3 aliphatic rings. The molecule has 5 nitrogen and oxygen atoms in total. The number of phenolic OH excluding ortho intramolecular Hbond substituents is 1. The molecule has 5 rings (SSSR count). The van der Waals surface area contributed by atoms with Crippen molar-refractivity contribution >= 4 is 6.09 Å². The number of likely N-dealkylation sites (tertiary alicyclic amines) is 1. The first-order valence-electron chi connectivity index (χ1n) is 12.5. The fraction of sp³-hybridized carbons (Fsp3) is 0.536. The number of ether oxygens (including phenoxy) is 1. The summed E-state index contributed by atoms with van der Waals surface area (Å²) in [7, 11) is 1.89. The standard InChI is InChI=1S/C28H36N2O3/c1-29(27(32)33-20-22-6-3-2-4-7-22)25-13-12-24-19-30(18-21-10-11-21)15-14-28(24,17-25)23-8-5-9-26(31)16-23/h2-9,16,21,24-25,31H,10-15,17-20H2,1H3/t24-,25-,28+/m1/s1. The molecule has 0 spiro atoms. The van der Waals surface area contributed by atoms with Crippen molar-refractivity contribution in [2.45, 2.75) is 56.6 Å². The lowest BCUT2D eigenvalue weighted by Gasteiger charge is -2.54. The van der Waals surface area contributed by atoms with E-state index in [0.717, 1.165) is 50.3 Å². The van der Waals surface area contributed by atoms with Gasteiger partial charge in [-0.15, -0.1) is 0 Å². The Kier molecular flexibility index (Phi) is 6.33. The first-order valence-corrected chi connectivity index (χ1v) is 12.5. The summed E-state index contributed by atoms with van der Waals surface area (Å²) in [5.41, 5.74) is 2.23. The topological polar surface area (TPSA) is 53.0 Å². The predicted molar refractivity (Wildman–Crippen MR) is 129 cm³/mol. The van der Waals surface area contributed by atoms with Crippen molar-refractivity contribution in [2.24, 2.45) is 11.8 Å². The van der Waals surface area contributed by atoms with Crippen molar-refractivity contribution in [3.8, 4) is 5.75 Å². The van der Waals surface area contributed by atoms with E-state index >= 15 is 0 Å². The highest BCUT2D eigenvalue weighted by Crippen LogP contribution is 2.51. The molecular formula is C28H36N2O3. The Morgan fingerprint density at radius 2 is 1.94 bits per heavy atom. The third-order valence-corrected chi connectivity index (χ3v) is 8.26. The minimum absolute atomic E-state index is 0.00429. The molecule has 1 saturated heterocycles. The van der Waals surface area contributed by atoms with Crippen molar-refractivity contribution in [1.82, 2.24) is 9.80 Å². The molecule has 0 bridgehead atoms. The van der Waals surface area contributed by atoms with Crippen LogP contribution >= 0.6 is 0 Å². The highest BCUT2D eigenvalue weighted by molar-refractivity contribution is 5.67. The summed E-state index contributed by atoms with van der Waals surface area (Å²) < 4.78 is 5.64. The van der Waals surface area contributed by atoms with Gasteiger partial charge in [-0.3, -0.25) is 0 Å². The second-order valence-electron chi connectivity index (χ2n) is 10.4. The Morgan fingerprint density at radius 1 is 1.12 bits per heavy atom. The molecule has 1 heterocycles. The summed E-state index contributed by atoms with van der Waals surface area (Å²) in [5.74, 6) is 1.79. The smallest absolute Gasteiger partial charge is 0.410 e. The molecule has 3 atom stereocenters. The number of aromatic hydroxyl groups is 1. The van der Waals surface area contributed by atoms with Crippen LogP contribution in [0.2, 0.25) is 0 Å². The lowest BCUT2D eigenvalue weighted by atomic mass is 9.58. The quantitative estimate of drug-likeness (QED) is 0.661. The van der Waals surface area contributed by atoms with E-state index in [-0.39, 0.29) is 17.6 Å². The van der Waals surface area contributed by atoms with Crippen molar-refractivity contribution in [3.63, 3.8) is 0 Å². The normalized spacial score (nSPS) is 27.5. The van der Waals surface area contributed by atoms with Crippen LogP contribution in [0.5, 0.6) is 5.75 Å². The minimum atomic E-state index is -0.250. The summed E-state index contributed by atoms with van der Waals surface area (Å²) in [6, 6.07) is 17.8. The Bertz CT molecular complexity index is 961. The molecule has 2 saturated carbocycles. The van der Waals surface area contributed by atoms with Gasteiger partial charge in [0, 0.05) is 31.6 Å². The van der Waals surface area contributed by atoms with Crippen LogP contribution in [-0.2, 0) is 16.8 Å². The van der Waals surface area contributed by atoms with Crippen molar-refractivity contribution < 1.29 is 14.6 Å². The Balaban J connectivity index is 1.31. The SMILES string of the molecule is CN(C(=O)OCc1ccccc1)[C@@H]1CC[C@@H]2CN(CC3CC3)CC[C@@]2(c2cccc(O)c2)C1. The summed E-state index contributed by atoms with van der Waals surface area (Å²) in [5, 5.41) is 10.3. The summed E-state index contributed by atoms with van der Waals surface area (Å²) in [4.78, 5) is 17.4. The van der Waals surface area contributed by atoms with Crippen LogP contribution in [0.1, 0.15) is 49.7 Å². The summed E-state index contributed by atoms with van der Waals surface area (Å²) in [6.07, 6.45) is 6.62. The van der Waals surface area contributed by atoms with Gasteiger partial charge in [0.15, 0.2) is 0 Å². The molecule has 0 radical (unpaired) electrons. The van der Waals surface area contributed by atoms with Crippen molar-refractivity contribution in [1.29, 1.82) is 0 Å². The zero-order chi connectivity index (χ0) is 22.8. The molecule has 1 aliphatic heterocycles. The van der Waals surface area contributed by atoms with E-state index in [9.17, 15) is 9.90 Å². The fourth-order valence-corrected chi connectivity index (χ4v) is 6.14. The van der Waals surface area contributed by atoms with Gasteiger partial charge >= 0.3 is 6.09 Å². The van der Waals surface area contributed by atoms with Crippen LogP contribution in [0.3, 0.4) is 0 Å². The average molecular weight is 449 g/mol. The molecule has 1 N–H and O–H groups in total. The molecule has 176 valence electrons. The molecule has 0 aromatic heterocycles. The molecule has 33 heavy (non-hydrogen) atoms. The van der Waals surface area contributed by atoms with Gasteiger partial charge < -0.3 is 19.6 Å². The maximum Gasteiger partial charge on any atom is 0.410 e. The predicted octanol–water partition coefficient (Wildman–Crippen LogP) is 5.18. The van der Waals surface area contributed by atoms with Gasteiger partial charge in [-0.2, -0.15) is 0 Å². The van der Waals surface area contributed by atoms with Gasteiger partial charge in [0.25, 0.3) is 0 Å². The van der Waals surface area contributed by atoms with Crippen molar-refractivity contribution in [3.05, 3.63) is 65.7 Å². The highest BCUT2D eigenvalue weighted by Gasteiger charge is 2.49. The zero-order valence-corrected chi connectivity index (χ0v) is 19.7. The van der Waals surface area contributed by atoms with E-state index in [1.165, 1.54) is 24.9 Å². The monoisotopic (exact) mass is 448 g/mol. The number of amides is 1. The van der Waals surface area contributed by atoms with Gasteiger partial charge in [-0.1, -0.05) is 42.5 Å². The minimum Gasteiger partial charge on any atom is -0.508 e. The first kappa shape index (κ1) is 22.3. The zero-order valence-electron chi connectivity index (χ0n) is 19.7. The highest BCUT2D eigenvalue weighted by atomic mass is 16.6. The number of hydrogen-bond donors (Lipinski definition) is 1. The maximum absolute atomic E-state index is 12.9. The van der Waals surface area contributed by atoms with E-state index in [1.807, 2.05) is 54.4 Å². The van der Waals surface area contributed by atoms with Gasteiger partial charge in [-0.25, -0.2) is 4.79 Å². The third kappa shape index (κ3) is 4.89. The van der Waals surface area contributed by atoms with Crippen LogP contribution in [0.25, 0.3) is 0 Å². The van der Waals surface area contributed by atoms with E-state index in [0.29, 0.717) is 18.3 Å². The van der Waals surface area contributed by atoms with Crippen LogP contribution in [0.4, 0.5) is 4.79 Å². The molecule has 2 aromatic rings. The molecular weight excluding hydrogens is 412 g/mol. The number of phenols is 1. The van der Waals surface area contributed by atoms with Crippen molar-refractivity contribution in [2.75, 3.05) is 26.7 Å². The van der Waals surface area contributed by atoms with Gasteiger partial charge in [0.1, 0.15) is 12.4 Å². The second kappa shape index (κ2) is 9.38. The van der Waals surface area contributed by atoms with Crippen LogP contribution in [0, 0.1) is 11.8 Å². The lowest BCUT2D eigenvalue weighted by Crippen LogP contribution is -2.56. The number of benzene rings is 2. The summed E-state index contributed by atoms with van der Waals surface area (Å²) >= 11 is 0. The third-order valence-electron chi connectivity index (χ3n) is 8.26. The largest absolute Gasteiger partial charge is 0.508 e. The molecule has 5 heteroatoms. The van der Waals surface area contributed by atoms with E-state index in [2.05, 4.69) is 11.0 Å². The maximum atomic E-state index is 12.9. The van der Waals surface area contributed by atoms with Crippen LogP contribution < -0.4 is 0 Å². The number of nitrogens with zero attached hydrogens (tertiary/aromatic N) is 2. The molecule has 2 aliphatic carbocycles. The average Bonchev–Trinajstić information content (AvgIpc) is 3.66. The number of hydrogen-bond acceptors (Lipinski definition) is 4.